The largest absolute Gasteiger partial charge is 0.364 e. The number of amides is 3. The number of allylic oxidation sites excluding steroid dienone is 2. The van der Waals surface area contributed by atoms with E-state index in [4.69, 9.17) is 4.74 Å². The minimum absolute atomic E-state index is 0.0575. The van der Waals surface area contributed by atoms with E-state index in [1.54, 1.807) is 21.8 Å². The summed E-state index contributed by atoms with van der Waals surface area (Å²) in [5.41, 5.74) is 0. The van der Waals surface area contributed by atoms with Gasteiger partial charge in [-0.05, 0) is 58.1 Å². The fourth-order valence-corrected chi connectivity index (χ4v) is 4.86. The lowest BCUT2D eigenvalue weighted by atomic mass is 10.1. The Labute approximate surface area is 295 Å². The number of carbonyl (C=O) groups excluding carboxylic acids is 3. The van der Waals surface area contributed by atoms with E-state index in [2.05, 4.69) is 63.1 Å². The lowest BCUT2D eigenvalue weighted by Crippen LogP contribution is -2.42. The van der Waals surface area contributed by atoms with Crippen LogP contribution in [0.5, 0.6) is 0 Å². The third-order valence-corrected chi connectivity index (χ3v) is 7.89. The molecule has 0 saturated heterocycles. The number of aromatic nitrogens is 3. The van der Waals surface area contributed by atoms with Gasteiger partial charge in [0.05, 0.1) is 20.0 Å². The first-order chi connectivity index (χ1) is 23.8. The van der Waals surface area contributed by atoms with E-state index in [9.17, 15) is 14.4 Å². The molecule has 13 heteroatoms. The van der Waals surface area contributed by atoms with Crippen molar-refractivity contribution < 1.29 is 19.1 Å². The van der Waals surface area contributed by atoms with E-state index in [1.807, 2.05) is 13.8 Å². The molecule has 0 aromatic carbocycles. The predicted octanol–water partition coefficient (Wildman–Crippen LogP) is 5.57. The number of rotatable bonds is 30. The zero-order valence-corrected chi connectivity index (χ0v) is 30.7. The predicted molar refractivity (Wildman–Crippen MR) is 199 cm³/mol. The number of nitrogens with zero attached hydrogens (tertiary/aromatic N) is 6. The highest BCUT2D eigenvalue weighted by molar-refractivity contribution is 5.87. The molecule has 1 aromatic heterocycles. The quantitative estimate of drug-likeness (QED) is 0.0407. The molecule has 1 rings (SSSR count). The van der Waals surface area contributed by atoms with Gasteiger partial charge in [0.15, 0.2) is 0 Å². The molecule has 49 heavy (non-hydrogen) atoms. The van der Waals surface area contributed by atoms with Gasteiger partial charge in [0, 0.05) is 26.6 Å². The van der Waals surface area contributed by atoms with Crippen LogP contribution in [0.15, 0.2) is 37.5 Å². The van der Waals surface area contributed by atoms with Crippen molar-refractivity contribution in [2.75, 3.05) is 61.6 Å². The Morgan fingerprint density at radius 2 is 1.06 bits per heavy atom. The van der Waals surface area contributed by atoms with E-state index < -0.39 is 0 Å². The third-order valence-electron chi connectivity index (χ3n) is 7.89. The molecule has 1 aromatic rings. The molecular formula is C36H63N9O4. The topological polar surface area (TPSA) is 145 Å². The van der Waals surface area contributed by atoms with Gasteiger partial charge in [-0.2, -0.15) is 15.0 Å². The molecule has 0 radical (unpaired) electrons. The summed E-state index contributed by atoms with van der Waals surface area (Å²) >= 11 is 0. The van der Waals surface area contributed by atoms with Gasteiger partial charge in [-0.15, -0.1) is 0 Å². The summed E-state index contributed by atoms with van der Waals surface area (Å²) < 4.78 is 5.43. The van der Waals surface area contributed by atoms with Gasteiger partial charge in [-0.1, -0.05) is 83.6 Å². The van der Waals surface area contributed by atoms with Crippen LogP contribution in [0.1, 0.15) is 111 Å². The first kappa shape index (κ1) is 43.0. The van der Waals surface area contributed by atoms with Gasteiger partial charge in [-0.3, -0.25) is 19.3 Å². The van der Waals surface area contributed by atoms with Crippen LogP contribution in [0.25, 0.3) is 0 Å². The van der Waals surface area contributed by atoms with Crippen molar-refractivity contribution in [1.29, 1.82) is 0 Å². The third kappa shape index (κ3) is 19.6. The maximum atomic E-state index is 12.8. The van der Waals surface area contributed by atoms with E-state index in [1.165, 1.54) is 69.9 Å². The summed E-state index contributed by atoms with van der Waals surface area (Å²) in [6, 6.07) is 0. The zero-order chi connectivity index (χ0) is 36.1. The lowest BCUT2D eigenvalue weighted by molar-refractivity contribution is -0.121. The second-order valence-electron chi connectivity index (χ2n) is 11.8. The molecule has 276 valence electrons. The van der Waals surface area contributed by atoms with Crippen molar-refractivity contribution in [3.63, 3.8) is 0 Å². The van der Waals surface area contributed by atoms with Crippen LogP contribution < -0.4 is 30.7 Å². The number of anilines is 3. The molecule has 3 N–H and O–H groups in total. The molecule has 0 atom stereocenters. The van der Waals surface area contributed by atoms with Crippen molar-refractivity contribution in [3.8, 4) is 0 Å². The molecule has 3 amide bonds. The molecule has 0 unspecified atom stereocenters. The summed E-state index contributed by atoms with van der Waals surface area (Å²) in [5, 5.41) is 8.47. The number of hydrogen-bond acceptors (Lipinski definition) is 10. The molecule has 0 saturated carbocycles. The summed E-state index contributed by atoms with van der Waals surface area (Å²) in [7, 11) is 1.55. The van der Waals surface area contributed by atoms with E-state index in [-0.39, 0.29) is 50.4 Å². The molecule has 0 aliphatic carbocycles. The first-order valence-corrected chi connectivity index (χ1v) is 18.0. The van der Waals surface area contributed by atoms with Crippen molar-refractivity contribution in [2.45, 2.75) is 111 Å². The number of unbranched alkanes of at least 4 members (excludes halogenated alkanes) is 11. The molecule has 0 fully saturated rings. The normalized spacial score (nSPS) is 10.9. The summed E-state index contributed by atoms with van der Waals surface area (Å²) in [4.78, 5) is 55.7. The van der Waals surface area contributed by atoms with Crippen LogP contribution in [0.3, 0.4) is 0 Å². The second-order valence-corrected chi connectivity index (χ2v) is 11.8. The molecular weight excluding hydrogens is 622 g/mol. The Hall–Kier alpha value is -4.00. The zero-order valence-electron chi connectivity index (χ0n) is 30.7. The number of carbonyl (C=O) groups is 3. The average molecular weight is 686 g/mol. The number of ether oxygens (including phenoxy) is 1. The van der Waals surface area contributed by atoms with E-state index in [0.29, 0.717) is 31.4 Å². The Morgan fingerprint density at radius 1 is 0.633 bits per heavy atom. The van der Waals surface area contributed by atoms with Crippen molar-refractivity contribution in [2.24, 2.45) is 0 Å². The van der Waals surface area contributed by atoms with Gasteiger partial charge < -0.3 is 30.5 Å². The van der Waals surface area contributed by atoms with Crippen LogP contribution in [0.4, 0.5) is 17.8 Å². The Bertz CT molecular complexity index is 1080. The summed E-state index contributed by atoms with van der Waals surface area (Å²) in [6.45, 7) is 14.5. The number of nitrogens with one attached hydrogen (secondary N) is 3. The molecule has 0 bridgehead atoms. The molecule has 0 aliphatic heterocycles. The van der Waals surface area contributed by atoms with Crippen LogP contribution in [-0.4, -0.2) is 79.6 Å². The molecule has 0 spiro atoms. The van der Waals surface area contributed by atoms with Crippen molar-refractivity contribution in [1.82, 2.24) is 30.9 Å². The number of methoxy groups -OCH3 is 1. The summed E-state index contributed by atoms with van der Waals surface area (Å²) in [5.74, 6) is 0.167. The maximum Gasteiger partial charge on any atom is 0.244 e. The Morgan fingerprint density at radius 3 is 1.51 bits per heavy atom. The SMILES string of the molecule is C=CC(=O)NCN(CC)c1nc(N(CC)CNC(=O)C=C)nc(N(CNC(=O)CCCCCCCC=CCCCCCCCC)COC)n1. The van der Waals surface area contributed by atoms with Crippen LogP contribution in [-0.2, 0) is 19.1 Å². The van der Waals surface area contributed by atoms with Crippen molar-refractivity contribution in [3.05, 3.63) is 37.5 Å². The minimum Gasteiger partial charge on any atom is -0.364 e. The van der Waals surface area contributed by atoms with Crippen LogP contribution >= 0.6 is 0 Å². The maximum absolute atomic E-state index is 12.8. The highest BCUT2D eigenvalue weighted by atomic mass is 16.5. The highest BCUT2D eigenvalue weighted by Gasteiger charge is 2.20. The fourth-order valence-electron chi connectivity index (χ4n) is 4.86. The van der Waals surface area contributed by atoms with Gasteiger partial charge in [-0.25, -0.2) is 0 Å². The van der Waals surface area contributed by atoms with Crippen molar-refractivity contribution >= 4 is 35.6 Å². The van der Waals surface area contributed by atoms with Gasteiger partial charge in [0.25, 0.3) is 0 Å². The average Bonchev–Trinajstić information content (AvgIpc) is 3.11. The highest BCUT2D eigenvalue weighted by Crippen LogP contribution is 2.19. The first-order valence-electron chi connectivity index (χ1n) is 18.0. The lowest BCUT2D eigenvalue weighted by Gasteiger charge is -2.28. The molecule has 1 heterocycles. The van der Waals surface area contributed by atoms with E-state index in [0.717, 1.165) is 25.7 Å². The molecule has 13 nitrogen and oxygen atoms in total. The van der Waals surface area contributed by atoms with Crippen LogP contribution in [0.2, 0.25) is 0 Å². The summed E-state index contributed by atoms with van der Waals surface area (Å²) in [6.07, 6.45) is 23.2. The standard InChI is InChI=1S/C36H63N9O4/c1-7-12-13-14-15-16-17-18-19-20-21-22-23-24-25-26-33(48)39-29-45(30-49-6)36-41-34(43(10-4)27-37-31(46)8-2)40-35(42-36)44(11-5)28-38-32(47)9-3/h8-9,18-19H,2-3,7,10-17,20-30H2,1,4-6H3,(H,37,46)(H,38,47)(H,39,48). The van der Waals surface area contributed by atoms with Gasteiger partial charge in [0.1, 0.15) is 6.73 Å². The van der Waals surface area contributed by atoms with E-state index >= 15 is 0 Å². The Kier molecular flexibility index (Phi) is 24.5. The second kappa shape index (κ2) is 27.9. The monoisotopic (exact) mass is 686 g/mol. The van der Waals surface area contributed by atoms with Gasteiger partial charge in [0.2, 0.25) is 35.6 Å². The fraction of sp³-hybridized carbons (Fsp3) is 0.667. The smallest absolute Gasteiger partial charge is 0.244 e. The van der Waals surface area contributed by atoms with Crippen LogP contribution in [0, 0.1) is 0 Å². The minimum atomic E-state index is -0.328. The Balaban J connectivity index is 2.73. The molecule has 0 aliphatic rings. The van der Waals surface area contributed by atoms with Gasteiger partial charge >= 0.3 is 0 Å². The number of hydrogen-bond donors (Lipinski definition) is 3.